The number of hydrogen-bond donors (Lipinski definition) is 1. The minimum atomic E-state index is -0.499. The van der Waals surface area contributed by atoms with Crippen molar-refractivity contribution in [1.82, 2.24) is 4.57 Å². The van der Waals surface area contributed by atoms with Crippen molar-refractivity contribution in [1.29, 1.82) is 5.39 Å². The molecule has 0 unspecified atom stereocenters. The first-order chi connectivity index (χ1) is 7.70. The third kappa shape index (κ3) is 1.24. The molecule has 0 saturated carbocycles. The van der Waals surface area contributed by atoms with E-state index in [1.165, 1.54) is 4.57 Å². The van der Waals surface area contributed by atoms with Gasteiger partial charge in [-0.15, -0.1) is 0 Å². The summed E-state index contributed by atoms with van der Waals surface area (Å²) in [7, 11) is 0. The highest BCUT2D eigenvalue weighted by atomic mass is 16.3. The Bertz CT molecular complexity index is 653. The van der Waals surface area contributed by atoms with Crippen molar-refractivity contribution in [3.8, 4) is 5.75 Å². The van der Waals surface area contributed by atoms with Crippen LogP contribution in [-0.4, -0.2) is 9.67 Å². The Morgan fingerprint density at radius 1 is 1.44 bits per heavy atom. The van der Waals surface area contributed by atoms with E-state index in [4.69, 9.17) is 5.39 Å². The second-order valence-corrected chi connectivity index (χ2v) is 3.36. The molecule has 1 heterocycles. The second kappa shape index (κ2) is 3.66. The molecule has 2 rings (SSSR count). The summed E-state index contributed by atoms with van der Waals surface area (Å²) in [6, 6.07) is 6.93. The van der Waals surface area contributed by atoms with E-state index in [9.17, 15) is 9.90 Å². The van der Waals surface area contributed by atoms with Crippen molar-refractivity contribution < 1.29 is 5.11 Å². The van der Waals surface area contributed by atoms with Crippen LogP contribution < -0.4 is 5.56 Å². The first-order valence-corrected chi connectivity index (χ1v) is 4.90. The van der Waals surface area contributed by atoms with E-state index in [1.807, 2.05) is 6.92 Å². The normalized spacial score (nSPS) is 10.2. The number of rotatable bonds is 1. The van der Waals surface area contributed by atoms with E-state index in [-0.39, 0.29) is 11.4 Å². The van der Waals surface area contributed by atoms with Crippen molar-refractivity contribution in [3.05, 3.63) is 39.6 Å². The van der Waals surface area contributed by atoms with Crippen LogP contribution in [0.2, 0.25) is 0 Å². The van der Waals surface area contributed by atoms with Gasteiger partial charge in [0.05, 0.1) is 5.52 Å². The molecule has 1 aromatic carbocycles. The van der Waals surface area contributed by atoms with Crippen molar-refractivity contribution in [2.24, 2.45) is 0 Å². The van der Waals surface area contributed by atoms with E-state index in [0.29, 0.717) is 17.4 Å². The number of aromatic nitrogens is 1. The molecule has 5 nitrogen and oxygen atoms in total. The van der Waals surface area contributed by atoms with Crippen LogP contribution in [0.1, 0.15) is 6.92 Å². The summed E-state index contributed by atoms with van der Waals surface area (Å²) in [5.41, 5.74) is -0.193. The number of para-hydroxylation sites is 1. The van der Waals surface area contributed by atoms with Crippen molar-refractivity contribution >= 4 is 16.6 Å². The molecule has 0 spiro atoms. The Morgan fingerprint density at radius 3 is 2.75 bits per heavy atom. The van der Waals surface area contributed by atoms with E-state index in [1.54, 1.807) is 24.3 Å². The molecule has 1 N–H and O–H groups in total. The van der Waals surface area contributed by atoms with Gasteiger partial charge < -0.3 is 9.67 Å². The number of nitrogens with zero attached hydrogens (tertiary/aromatic N) is 3. The van der Waals surface area contributed by atoms with E-state index in [2.05, 4.69) is 4.98 Å². The number of benzene rings is 1. The van der Waals surface area contributed by atoms with Crippen LogP contribution in [0.15, 0.2) is 29.1 Å². The number of aromatic hydroxyl groups is 1. The van der Waals surface area contributed by atoms with Crippen molar-refractivity contribution in [2.45, 2.75) is 13.5 Å². The molecule has 1 aromatic heterocycles. The van der Waals surface area contributed by atoms with E-state index >= 15 is 0 Å². The van der Waals surface area contributed by atoms with Gasteiger partial charge in [-0.3, -0.25) is 4.79 Å². The quantitative estimate of drug-likeness (QED) is 0.743. The number of diazo groups is 1. The SMILES string of the molecule is CCn1c(=O)c([N+]#N)c(O)c2ccccc21. The standard InChI is InChI=1S/C11H9N3O2/c1-2-14-8-6-4-3-5-7(8)10(15)9(13-12)11(14)16/h3-6H,2H2,1H3/p+1. The van der Waals surface area contributed by atoms with Gasteiger partial charge in [0.1, 0.15) is 0 Å². The fourth-order valence-corrected chi connectivity index (χ4v) is 1.78. The maximum atomic E-state index is 11.8. The largest absolute Gasteiger partial charge is 0.501 e. The highest BCUT2D eigenvalue weighted by molar-refractivity contribution is 5.90. The van der Waals surface area contributed by atoms with Crippen LogP contribution in [0.3, 0.4) is 0 Å². The van der Waals surface area contributed by atoms with Gasteiger partial charge in [0, 0.05) is 11.9 Å². The lowest BCUT2D eigenvalue weighted by atomic mass is 10.2. The van der Waals surface area contributed by atoms with Crippen LogP contribution in [-0.2, 0) is 6.54 Å². The van der Waals surface area contributed by atoms with Gasteiger partial charge in [-0.25, -0.2) is 0 Å². The molecule has 0 amide bonds. The molecular weight excluding hydrogens is 206 g/mol. The lowest BCUT2D eigenvalue weighted by molar-refractivity contribution is 0.482. The summed E-state index contributed by atoms with van der Waals surface area (Å²) in [6.07, 6.45) is 0. The van der Waals surface area contributed by atoms with Crippen molar-refractivity contribution in [2.75, 3.05) is 0 Å². The molecule has 0 radical (unpaired) electrons. The zero-order valence-electron chi connectivity index (χ0n) is 8.71. The third-order valence-corrected chi connectivity index (χ3v) is 2.54. The predicted octanol–water partition coefficient (Wildman–Crippen LogP) is 2.21. The molecule has 2 aromatic rings. The fourth-order valence-electron chi connectivity index (χ4n) is 1.78. The summed E-state index contributed by atoms with van der Waals surface area (Å²) in [5.74, 6) is -0.284. The summed E-state index contributed by atoms with van der Waals surface area (Å²) >= 11 is 0. The maximum absolute atomic E-state index is 11.8. The van der Waals surface area contributed by atoms with Crippen LogP contribution in [0.25, 0.3) is 15.9 Å². The van der Waals surface area contributed by atoms with Gasteiger partial charge in [0.25, 0.3) is 0 Å². The monoisotopic (exact) mass is 216 g/mol. The fraction of sp³-hybridized carbons (Fsp3) is 0.182. The molecule has 80 valence electrons. The van der Waals surface area contributed by atoms with Gasteiger partial charge in [-0.1, -0.05) is 12.1 Å². The van der Waals surface area contributed by atoms with Gasteiger partial charge in [-0.05, 0) is 19.1 Å². The highest BCUT2D eigenvalue weighted by Crippen LogP contribution is 2.31. The average molecular weight is 216 g/mol. The van der Waals surface area contributed by atoms with Crippen LogP contribution in [0.4, 0.5) is 5.69 Å². The molecule has 16 heavy (non-hydrogen) atoms. The highest BCUT2D eigenvalue weighted by Gasteiger charge is 2.25. The lowest BCUT2D eigenvalue weighted by Crippen LogP contribution is -2.18. The molecule has 0 fully saturated rings. The smallest absolute Gasteiger partial charge is 0.490 e. The molecule has 0 bridgehead atoms. The zero-order valence-corrected chi connectivity index (χ0v) is 8.71. The van der Waals surface area contributed by atoms with E-state index in [0.717, 1.165) is 0 Å². The average Bonchev–Trinajstić information content (AvgIpc) is 2.30. The predicted molar refractivity (Wildman–Crippen MR) is 60.3 cm³/mol. The Kier molecular flexibility index (Phi) is 2.33. The Hall–Kier alpha value is -2.35. The lowest BCUT2D eigenvalue weighted by Gasteiger charge is -2.06. The Balaban J connectivity index is 3.08. The number of aryl methyl sites for hydroxylation is 1. The van der Waals surface area contributed by atoms with Crippen LogP contribution >= 0.6 is 0 Å². The maximum Gasteiger partial charge on any atom is 0.490 e. The topological polar surface area (TPSA) is 70.4 Å². The van der Waals surface area contributed by atoms with Crippen LogP contribution in [0.5, 0.6) is 5.75 Å². The molecule has 0 saturated heterocycles. The molecule has 0 atom stereocenters. The molecule has 0 aliphatic heterocycles. The summed E-state index contributed by atoms with van der Waals surface area (Å²) in [4.78, 5) is 14.7. The Morgan fingerprint density at radius 2 is 2.12 bits per heavy atom. The minimum absolute atomic E-state index is 0.284. The number of pyridine rings is 1. The van der Waals surface area contributed by atoms with Gasteiger partial charge in [-0.2, -0.15) is 0 Å². The van der Waals surface area contributed by atoms with E-state index < -0.39 is 5.56 Å². The van der Waals surface area contributed by atoms with Gasteiger partial charge in [0.15, 0.2) is 4.98 Å². The zero-order chi connectivity index (χ0) is 11.7. The molecule has 0 aliphatic rings. The molecule has 5 heteroatoms. The molecular formula is C11H10N3O2+. The summed E-state index contributed by atoms with van der Waals surface area (Å²) < 4.78 is 1.45. The van der Waals surface area contributed by atoms with Gasteiger partial charge in [0.2, 0.25) is 11.1 Å². The summed E-state index contributed by atoms with van der Waals surface area (Å²) in [5, 5.41) is 19.0. The number of hydrogen-bond acceptors (Lipinski definition) is 3. The van der Waals surface area contributed by atoms with Crippen LogP contribution in [0, 0.1) is 5.39 Å². The second-order valence-electron chi connectivity index (χ2n) is 3.36. The first kappa shape index (κ1) is 10.2. The minimum Gasteiger partial charge on any atom is -0.501 e. The first-order valence-electron chi connectivity index (χ1n) is 4.90. The molecule has 0 aliphatic carbocycles. The van der Waals surface area contributed by atoms with Gasteiger partial charge >= 0.3 is 11.2 Å². The number of fused-ring (bicyclic) bond motifs is 1. The van der Waals surface area contributed by atoms with Crippen molar-refractivity contribution in [3.63, 3.8) is 0 Å². The third-order valence-electron chi connectivity index (χ3n) is 2.54. The Labute approximate surface area is 91.2 Å². The summed E-state index contributed by atoms with van der Waals surface area (Å²) in [6.45, 7) is 2.26.